The van der Waals surface area contributed by atoms with Crippen LogP contribution in [0.5, 0.6) is 0 Å². The van der Waals surface area contributed by atoms with E-state index in [1.165, 1.54) is 4.98 Å². The number of hydrogen-bond acceptors (Lipinski definition) is 3. The zero-order valence-corrected chi connectivity index (χ0v) is 7.69. The lowest BCUT2D eigenvalue weighted by atomic mass is 10.1. The number of aromatic amines is 2. The zero-order chi connectivity index (χ0) is 13.4. The van der Waals surface area contributed by atoms with Gasteiger partial charge in [-0.05, 0) is 0 Å². The lowest BCUT2D eigenvalue weighted by molar-refractivity contribution is -0.255. The van der Waals surface area contributed by atoms with Crippen molar-refractivity contribution in [3.8, 4) is 0 Å². The SMILES string of the molecule is O=C(c1c[nH]c(=O)[nH]c1=O)C(F)(F)C(F)(F)F. The van der Waals surface area contributed by atoms with Gasteiger partial charge in [-0.15, -0.1) is 0 Å². The molecule has 1 heterocycles. The second-order valence-corrected chi connectivity index (χ2v) is 2.89. The molecule has 1 aromatic rings. The smallest absolute Gasteiger partial charge is 0.313 e. The van der Waals surface area contributed by atoms with E-state index in [2.05, 4.69) is 0 Å². The van der Waals surface area contributed by atoms with E-state index in [9.17, 15) is 36.3 Å². The predicted octanol–water partition coefficient (Wildman–Crippen LogP) is 0.443. The molecule has 0 aliphatic carbocycles. The van der Waals surface area contributed by atoms with Crippen molar-refractivity contribution in [1.82, 2.24) is 9.97 Å². The van der Waals surface area contributed by atoms with E-state index in [0.29, 0.717) is 0 Å². The van der Waals surface area contributed by atoms with Crippen molar-refractivity contribution in [2.24, 2.45) is 0 Å². The molecule has 0 atom stereocenters. The largest absolute Gasteiger partial charge is 0.461 e. The summed E-state index contributed by atoms with van der Waals surface area (Å²) in [4.78, 5) is 35.1. The van der Waals surface area contributed by atoms with Crippen LogP contribution in [-0.4, -0.2) is 27.9 Å². The van der Waals surface area contributed by atoms with E-state index < -0.39 is 34.7 Å². The first-order valence-corrected chi connectivity index (χ1v) is 3.88. The van der Waals surface area contributed by atoms with Crippen molar-refractivity contribution in [2.45, 2.75) is 12.1 Å². The Morgan fingerprint density at radius 2 is 1.65 bits per heavy atom. The van der Waals surface area contributed by atoms with Gasteiger partial charge in [-0.1, -0.05) is 0 Å². The Morgan fingerprint density at radius 1 is 1.12 bits per heavy atom. The molecule has 1 aromatic heterocycles. The van der Waals surface area contributed by atoms with Crippen LogP contribution in [0.2, 0.25) is 0 Å². The van der Waals surface area contributed by atoms with Crippen molar-refractivity contribution < 1.29 is 26.7 Å². The van der Waals surface area contributed by atoms with Crippen molar-refractivity contribution in [1.29, 1.82) is 0 Å². The van der Waals surface area contributed by atoms with E-state index >= 15 is 0 Å². The molecule has 0 spiro atoms. The third kappa shape index (κ3) is 2.24. The Morgan fingerprint density at radius 3 is 2.06 bits per heavy atom. The molecular weight excluding hydrogens is 255 g/mol. The van der Waals surface area contributed by atoms with Crippen LogP contribution in [0.15, 0.2) is 15.8 Å². The summed E-state index contributed by atoms with van der Waals surface area (Å²) >= 11 is 0. The maximum atomic E-state index is 12.6. The minimum Gasteiger partial charge on any atom is -0.313 e. The standard InChI is InChI=1S/C7H3F5N2O3/c8-6(9,7(10,11)12)3(15)2-1-13-5(17)14-4(2)16/h1H,(H2,13,14,16,17). The fourth-order valence-electron chi connectivity index (χ4n) is 0.876. The molecule has 0 aliphatic heterocycles. The summed E-state index contributed by atoms with van der Waals surface area (Å²) in [6.07, 6.45) is -5.92. The van der Waals surface area contributed by atoms with Gasteiger partial charge in [0.1, 0.15) is 5.56 Å². The number of rotatable bonds is 2. The molecule has 5 nitrogen and oxygen atoms in total. The molecule has 17 heavy (non-hydrogen) atoms. The highest BCUT2D eigenvalue weighted by molar-refractivity contribution is 6.01. The summed E-state index contributed by atoms with van der Waals surface area (Å²) in [6.45, 7) is 0. The fraction of sp³-hybridized carbons (Fsp3) is 0.286. The minimum absolute atomic E-state index is 0.198. The average Bonchev–Trinajstić information content (AvgIpc) is 2.14. The summed E-state index contributed by atoms with van der Waals surface area (Å²) in [6, 6.07) is 0. The highest BCUT2D eigenvalue weighted by atomic mass is 19.4. The van der Waals surface area contributed by atoms with Gasteiger partial charge >= 0.3 is 17.8 Å². The van der Waals surface area contributed by atoms with Crippen LogP contribution in [0.1, 0.15) is 10.4 Å². The van der Waals surface area contributed by atoms with Crippen molar-refractivity contribution in [3.05, 3.63) is 32.6 Å². The topological polar surface area (TPSA) is 82.8 Å². The molecule has 0 fully saturated rings. The molecule has 0 saturated carbocycles. The number of carbonyl (C=O) groups is 1. The molecular formula is C7H3F5N2O3. The molecule has 10 heteroatoms. The quantitative estimate of drug-likeness (QED) is 0.596. The summed E-state index contributed by atoms with van der Waals surface area (Å²) in [5, 5.41) is 0. The highest BCUT2D eigenvalue weighted by Gasteiger charge is 2.63. The second kappa shape index (κ2) is 3.79. The van der Waals surface area contributed by atoms with Crippen molar-refractivity contribution >= 4 is 5.78 Å². The number of alkyl halides is 5. The van der Waals surface area contributed by atoms with Gasteiger partial charge < -0.3 is 4.98 Å². The molecule has 94 valence electrons. The summed E-state index contributed by atoms with van der Waals surface area (Å²) < 4.78 is 60.6. The third-order valence-electron chi connectivity index (χ3n) is 1.71. The van der Waals surface area contributed by atoms with Crippen molar-refractivity contribution in [3.63, 3.8) is 0 Å². The molecule has 0 bridgehead atoms. The number of halogens is 5. The van der Waals surface area contributed by atoms with Gasteiger partial charge in [-0.3, -0.25) is 14.6 Å². The highest BCUT2D eigenvalue weighted by Crippen LogP contribution is 2.37. The summed E-state index contributed by atoms with van der Waals surface area (Å²) in [5.41, 5.74) is -4.24. The Kier molecular flexibility index (Phi) is 2.91. The second-order valence-electron chi connectivity index (χ2n) is 2.89. The van der Waals surface area contributed by atoms with Crippen LogP contribution >= 0.6 is 0 Å². The van der Waals surface area contributed by atoms with Gasteiger partial charge in [0.25, 0.3) is 5.56 Å². The number of aromatic nitrogens is 2. The molecule has 2 N–H and O–H groups in total. The van der Waals surface area contributed by atoms with Gasteiger partial charge in [0.2, 0.25) is 5.78 Å². The minimum atomic E-state index is -6.12. The Labute approximate surface area is 88.3 Å². The van der Waals surface area contributed by atoms with Crippen LogP contribution in [0, 0.1) is 0 Å². The number of H-pyrrole nitrogens is 2. The normalized spacial score (nSPS) is 12.5. The summed E-state index contributed by atoms with van der Waals surface area (Å²) in [5.74, 6) is -8.43. The first-order chi connectivity index (χ1) is 7.57. The summed E-state index contributed by atoms with van der Waals surface area (Å²) in [7, 11) is 0. The molecule has 0 radical (unpaired) electrons. The Balaban J connectivity index is 3.32. The number of ketones is 1. The zero-order valence-electron chi connectivity index (χ0n) is 7.69. The molecule has 1 rings (SSSR count). The van der Waals surface area contributed by atoms with Gasteiger partial charge in [-0.25, -0.2) is 4.79 Å². The third-order valence-corrected chi connectivity index (χ3v) is 1.71. The van der Waals surface area contributed by atoms with Crippen molar-refractivity contribution in [2.75, 3.05) is 0 Å². The van der Waals surface area contributed by atoms with E-state index in [-0.39, 0.29) is 6.20 Å². The first-order valence-electron chi connectivity index (χ1n) is 3.88. The van der Waals surface area contributed by atoms with Crippen LogP contribution in [0.25, 0.3) is 0 Å². The number of hydrogen-bond donors (Lipinski definition) is 2. The Bertz CT molecular complexity index is 556. The molecule has 0 aromatic carbocycles. The monoisotopic (exact) mass is 258 g/mol. The molecule has 0 saturated heterocycles. The number of nitrogens with one attached hydrogen (secondary N) is 2. The maximum absolute atomic E-state index is 12.6. The van der Waals surface area contributed by atoms with Crippen LogP contribution in [0.3, 0.4) is 0 Å². The number of Topliss-reactive ketones (excluding diaryl/α,β-unsaturated/α-hetero) is 1. The van der Waals surface area contributed by atoms with E-state index in [1.54, 1.807) is 4.98 Å². The molecule has 0 amide bonds. The maximum Gasteiger partial charge on any atom is 0.461 e. The number of carbonyl (C=O) groups excluding carboxylic acids is 1. The van der Waals surface area contributed by atoms with Gasteiger partial charge in [0.05, 0.1) is 0 Å². The van der Waals surface area contributed by atoms with Gasteiger partial charge in [-0.2, -0.15) is 22.0 Å². The van der Waals surface area contributed by atoms with E-state index in [4.69, 9.17) is 0 Å². The van der Waals surface area contributed by atoms with Crippen LogP contribution in [-0.2, 0) is 0 Å². The van der Waals surface area contributed by atoms with E-state index in [1.807, 2.05) is 0 Å². The van der Waals surface area contributed by atoms with Gasteiger partial charge in [0.15, 0.2) is 0 Å². The lowest BCUT2D eigenvalue weighted by Gasteiger charge is -2.17. The first kappa shape index (κ1) is 13.1. The van der Waals surface area contributed by atoms with Crippen LogP contribution in [0.4, 0.5) is 22.0 Å². The van der Waals surface area contributed by atoms with E-state index in [0.717, 1.165) is 0 Å². The molecule has 0 unspecified atom stereocenters. The van der Waals surface area contributed by atoms with Crippen LogP contribution < -0.4 is 11.2 Å². The Hall–Kier alpha value is -2.00. The lowest BCUT2D eigenvalue weighted by Crippen LogP contribution is -2.46. The average molecular weight is 258 g/mol. The molecule has 0 aliphatic rings. The predicted molar refractivity (Wildman–Crippen MR) is 43.0 cm³/mol. The van der Waals surface area contributed by atoms with Gasteiger partial charge in [0, 0.05) is 6.20 Å². The fourth-order valence-corrected chi connectivity index (χ4v) is 0.876.